The van der Waals surface area contributed by atoms with Gasteiger partial charge < -0.3 is 15.4 Å². The molecule has 2 aliphatic heterocycles. The van der Waals surface area contributed by atoms with Crippen molar-refractivity contribution in [1.29, 1.82) is 0 Å². The molecule has 2 heterocycles. The van der Waals surface area contributed by atoms with Crippen molar-refractivity contribution in [2.75, 3.05) is 51.3 Å². The summed E-state index contributed by atoms with van der Waals surface area (Å²) < 4.78 is 5.39. The molecule has 0 radical (unpaired) electrons. The average Bonchev–Trinajstić information content (AvgIpc) is 2.56. The third kappa shape index (κ3) is 4.70. The number of nitrogens with zero attached hydrogens (tertiary/aromatic N) is 1. The minimum absolute atomic E-state index is 0.819. The molecule has 2 aliphatic rings. The van der Waals surface area contributed by atoms with Gasteiger partial charge >= 0.3 is 0 Å². The van der Waals surface area contributed by atoms with Crippen molar-refractivity contribution in [1.82, 2.24) is 10.2 Å². The van der Waals surface area contributed by atoms with Crippen LogP contribution < -0.4 is 10.6 Å². The van der Waals surface area contributed by atoms with Crippen LogP contribution >= 0.6 is 0 Å². The normalized spacial score (nSPS) is 21.3. The van der Waals surface area contributed by atoms with E-state index in [1.807, 2.05) is 0 Å². The number of hydrogen-bond donors (Lipinski definition) is 2. The van der Waals surface area contributed by atoms with Crippen molar-refractivity contribution < 1.29 is 4.74 Å². The molecule has 1 aromatic carbocycles. The number of nitrogens with one attached hydrogen (secondary N) is 2. The maximum absolute atomic E-state index is 5.39. The number of morpholine rings is 1. The summed E-state index contributed by atoms with van der Waals surface area (Å²) in [5.41, 5.74) is 2.64. The second kappa shape index (κ2) is 7.78. The van der Waals surface area contributed by atoms with Gasteiger partial charge in [-0.15, -0.1) is 0 Å². The third-order valence-corrected chi connectivity index (χ3v) is 4.52. The molecule has 0 atom stereocenters. The summed E-state index contributed by atoms with van der Waals surface area (Å²) in [5, 5.41) is 7.00. The number of anilines is 1. The lowest BCUT2D eigenvalue weighted by molar-refractivity contribution is 0.0342. The van der Waals surface area contributed by atoms with E-state index < -0.39 is 0 Å². The van der Waals surface area contributed by atoms with Crippen molar-refractivity contribution in [3.05, 3.63) is 29.8 Å². The first-order valence-corrected chi connectivity index (χ1v) is 8.24. The Morgan fingerprint density at radius 1 is 1.10 bits per heavy atom. The zero-order chi connectivity index (χ0) is 14.3. The van der Waals surface area contributed by atoms with Crippen molar-refractivity contribution in [3.8, 4) is 0 Å². The summed E-state index contributed by atoms with van der Waals surface area (Å²) in [6.45, 7) is 8.33. The summed E-state index contributed by atoms with van der Waals surface area (Å²) in [7, 11) is 0. The largest absolute Gasteiger partial charge is 0.385 e. The van der Waals surface area contributed by atoms with Crippen molar-refractivity contribution >= 4 is 5.69 Å². The van der Waals surface area contributed by atoms with E-state index in [2.05, 4.69) is 39.8 Å². The van der Waals surface area contributed by atoms with Crippen LogP contribution in [-0.4, -0.2) is 50.8 Å². The Bertz CT molecular complexity index is 409. The fraction of sp³-hybridized carbons (Fsp3) is 0.647. The Kier molecular flexibility index (Phi) is 5.49. The SMILES string of the molecule is c1cc(NCC2CCNCC2)ccc1CN1CCOCC1. The first kappa shape index (κ1) is 14.8. The predicted molar refractivity (Wildman–Crippen MR) is 86.6 cm³/mol. The minimum Gasteiger partial charge on any atom is -0.385 e. The van der Waals surface area contributed by atoms with E-state index in [4.69, 9.17) is 4.74 Å². The number of hydrogen-bond acceptors (Lipinski definition) is 4. The molecule has 0 bridgehead atoms. The molecule has 2 N–H and O–H groups in total. The van der Waals surface area contributed by atoms with Crippen LogP contribution in [0.2, 0.25) is 0 Å². The van der Waals surface area contributed by atoms with Gasteiger partial charge in [-0.3, -0.25) is 4.90 Å². The van der Waals surface area contributed by atoms with E-state index in [0.717, 1.165) is 45.3 Å². The van der Waals surface area contributed by atoms with Gasteiger partial charge in [-0.05, 0) is 49.5 Å². The first-order valence-electron chi connectivity index (χ1n) is 8.24. The zero-order valence-electron chi connectivity index (χ0n) is 12.8. The smallest absolute Gasteiger partial charge is 0.0594 e. The van der Waals surface area contributed by atoms with E-state index in [-0.39, 0.29) is 0 Å². The van der Waals surface area contributed by atoms with E-state index in [9.17, 15) is 0 Å². The molecule has 0 spiro atoms. The van der Waals surface area contributed by atoms with Gasteiger partial charge in [-0.2, -0.15) is 0 Å². The summed E-state index contributed by atoms with van der Waals surface area (Å²) in [4.78, 5) is 2.46. The fourth-order valence-corrected chi connectivity index (χ4v) is 3.09. The van der Waals surface area contributed by atoms with Gasteiger partial charge in [0.25, 0.3) is 0 Å². The minimum atomic E-state index is 0.819. The van der Waals surface area contributed by atoms with Gasteiger partial charge in [0.2, 0.25) is 0 Å². The molecular weight excluding hydrogens is 262 g/mol. The van der Waals surface area contributed by atoms with Gasteiger partial charge in [0, 0.05) is 31.9 Å². The standard InChI is InChI=1S/C17H27N3O/c1-3-17(19-13-15-5-7-18-8-6-15)4-2-16(1)14-20-9-11-21-12-10-20/h1-4,15,18-19H,5-14H2. The highest BCUT2D eigenvalue weighted by Crippen LogP contribution is 2.16. The molecule has 0 amide bonds. The van der Waals surface area contributed by atoms with Gasteiger partial charge in [-0.25, -0.2) is 0 Å². The van der Waals surface area contributed by atoms with E-state index in [0.29, 0.717) is 0 Å². The molecule has 3 rings (SSSR count). The molecule has 1 aromatic rings. The number of rotatable bonds is 5. The van der Waals surface area contributed by atoms with E-state index in [1.165, 1.54) is 37.2 Å². The van der Waals surface area contributed by atoms with Crippen LogP contribution in [0.3, 0.4) is 0 Å². The van der Waals surface area contributed by atoms with Gasteiger partial charge in [0.15, 0.2) is 0 Å². The number of piperidine rings is 1. The highest BCUT2D eigenvalue weighted by Gasteiger charge is 2.13. The molecule has 0 saturated carbocycles. The molecule has 4 heteroatoms. The van der Waals surface area contributed by atoms with Crippen LogP contribution in [0.1, 0.15) is 18.4 Å². The third-order valence-electron chi connectivity index (χ3n) is 4.52. The summed E-state index contributed by atoms with van der Waals surface area (Å²) in [5.74, 6) is 0.819. The number of ether oxygens (including phenoxy) is 1. The van der Waals surface area contributed by atoms with Crippen molar-refractivity contribution in [3.63, 3.8) is 0 Å². The highest BCUT2D eigenvalue weighted by atomic mass is 16.5. The molecule has 2 fully saturated rings. The molecule has 0 aliphatic carbocycles. The van der Waals surface area contributed by atoms with E-state index in [1.54, 1.807) is 0 Å². The summed E-state index contributed by atoms with van der Waals surface area (Å²) in [6, 6.07) is 8.94. The summed E-state index contributed by atoms with van der Waals surface area (Å²) >= 11 is 0. The van der Waals surface area contributed by atoms with Crippen LogP contribution in [0.4, 0.5) is 5.69 Å². The molecule has 2 saturated heterocycles. The van der Waals surface area contributed by atoms with Crippen LogP contribution in [0.15, 0.2) is 24.3 Å². The Morgan fingerprint density at radius 3 is 2.52 bits per heavy atom. The first-order chi connectivity index (χ1) is 10.4. The lowest BCUT2D eigenvalue weighted by atomic mass is 9.98. The topological polar surface area (TPSA) is 36.5 Å². The summed E-state index contributed by atoms with van der Waals surface area (Å²) in [6.07, 6.45) is 2.59. The molecule has 0 aromatic heterocycles. The van der Waals surface area contributed by atoms with E-state index >= 15 is 0 Å². The lowest BCUT2D eigenvalue weighted by Crippen LogP contribution is -2.35. The maximum atomic E-state index is 5.39. The Hall–Kier alpha value is -1.10. The quantitative estimate of drug-likeness (QED) is 0.868. The van der Waals surface area contributed by atoms with Gasteiger partial charge in [0.1, 0.15) is 0 Å². The Labute approximate surface area is 127 Å². The van der Waals surface area contributed by atoms with Crippen molar-refractivity contribution in [2.24, 2.45) is 5.92 Å². The molecule has 21 heavy (non-hydrogen) atoms. The fourth-order valence-electron chi connectivity index (χ4n) is 3.09. The molecule has 116 valence electrons. The highest BCUT2D eigenvalue weighted by molar-refractivity contribution is 5.44. The average molecular weight is 289 g/mol. The Balaban J connectivity index is 1.44. The van der Waals surface area contributed by atoms with Crippen LogP contribution in [0.5, 0.6) is 0 Å². The Morgan fingerprint density at radius 2 is 1.81 bits per heavy atom. The zero-order valence-corrected chi connectivity index (χ0v) is 12.8. The molecule has 0 unspecified atom stereocenters. The second-order valence-electron chi connectivity index (χ2n) is 6.16. The molecule has 4 nitrogen and oxygen atoms in total. The number of benzene rings is 1. The molecular formula is C17H27N3O. The van der Waals surface area contributed by atoms with Gasteiger partial charge in [0.05, 0.1) is 13.2 Å². The monoisotopic (exact) mass is 289 g/mol. The lowest BCUT2D eigenvalue weighted by Gasteiger charge is -2.26. The predicted octanol–water partition coefficient (Wildman–Crippen LogP) is 1.93. The van der Waals surface area contributed by atoms with Crippen LogP contribution in [-0.2, 0) is 11.3 Å². The maximum Gasteiger partial charge on any atom is 0.0594 e. The second-order valence-corrected chi connectivity index (χ2v) is 6.16. The van der Waals surface area contributed by atoms with Gasteiger partial charge in [-0.1, -0.05) is 12.1 Å². The van der Waals surface area contributed by atoms with Crippen molar-refractivity contribution in [2.45, 2.75) is 19.4 Å². The van der Waals surface area contributed by atoms with Crippen LogP contribution in [0, 0.1) is 5.92 Å². The van der Waals surface area contributed by atoms with Crippen LogP contribution in [0.25, 0.3) is 0 Å².